The van der Waals surface area contributed by atoms with Crippen LogP contribution < -0.4 is 0 Å². The first-order chi connectivity index (χ1) is 4.20. The van der Waals surface area contributed by atoms with Gasteiger partial charge < -0.3 is 9.47 Å². The van der Waals surface area contributed by atoms with Gasteiger partial charge in [0.15, 0.2) is 6.61 Å². The highest BCUT2D eigenvalue weighted by atomic mass is 35.5. The molecule has 1 aliphatic rings. The van der Waals surface area contributed by atoms with Crippen molar-refractivity contribution in [3.8, 4) is 0 Å². The maximum atomic E-state index is 10.3. The molecular formula is C4H3ClO4. The fourth-order valence-electron chi connectivity index (χ4n) is 0.393. The second-order valence-corrected chi connectivity index (χ2v) is 1.81. The number of hydrogen-bond acceptors (Lipinski definition) is 4. The molecule has 0 amide bonds. The van der Waals surface area contributed by atoms with Crippen molar-refractivity contribution in [1.82, 2.24) is 0 Å². The Morgan fingerprint density at radius 3 is 2.67 bits per heavy atom. The summed E-state index contributed by atoms with van der Waals surface area (Å²) in [6, 6.07) is 0. The quantitative estimate of drug-likeness (QED) is 0.350. The number of esters is 2. The first-order valence-electron chi connectivity index (χ1n) is 2.20. The van der Waals surface area contributed by atoms with Gasteiger partial charge in [-0.25, -0.2) is 9.59 Å². The minimum Gasteiger partial charge on any atom is -0.450 e. The zero-order valence-corrected chi connectivity index (χ0v) is 5.05. The number of carbonyl (C=O) groups is 2. The van der Waals surface area contributed by atoms with Gasteiger partial charge in [0.1, 0.15) is 0 Å². The third kappa shape index (κ3) is 1.32. The molecule has 1 atom stereocenters. The summed E-state index contributed by atoms with van der Waals surface area (Å²) in [6.07, 6.45) is 0. The van der Waals surface area contributed by atoms with Crippen molar-refractivity contribution in [3.63, 3.8) is 0 Å². The average molecular weight is 151 g/mol. The van der Waals surface area contributed by atoms with Crippen LogP contribution in [0.15, 0.2) is 0 Å². The van der Waals surface area contributed by atoms with Crippen molar-refractivity contribution in [1.29, 1.82) is 0 Å². The molecular weight excluding hydrogens is 147 g/mol. The second kappa shape index (κ2) is 2.23. The largest absolute Gasteiger partial charge is 0.450 e. The van der Waals surface area contributed by atoms with E-state index in [4.69, 9.17) is 11.6 Å². The van der Waals surface area contributed by atoms with E-state index >= 15 is 0 Å². The van der Waals surface area contributed by atoms with E-state index in [-0.39, 0.29) is 6.61 Å². The fourth-order valence-corrected chi connectivity index (χ4v) is 0.555. The van der Waals surface area contributed by atoms with Crippen LogP contribution in [0.2, 0.25) is 0 Å². The molecule has 0 aliphatic carbocycles. The van der Waals surface area contributed by atoms with Crippen LogP contribution in [-0.4, -0.2) is 24.1 Å². The fraction of sp³-hybridized carbons (Fsp3) is 0.500. The van der Waals surface area contributed by atoms with Gasteiger partial charge in [-0.1, -0.05) is 11.6 Å². The Morgan fingerprint density at radius 1 is 1.56 bits per heavy atom. The van der Waals surface area contributed by atoms with Crippen LogP contribution in [0.25, 0.3) is 0 Å². The molecule has 1 saturated heterocycles. The normalized spacial score (nSPS) is 27.0. The van der Waals surface area contributed by atoms with Crippen molar-refractivity contribution >= 4 is 23.5 Å². The first-order valence-corrected chi connectivity index (χ1v) is 2.64. The third-order valence-electron chi connectivity index (χ3n) is 0.753. The molecule has 1 rings (SSSR count). The standard InChI is InChI=1S/C4H3ClO4/c5-3-4(7)8-1-2(6)9-3/h3H,1H2. The molecule has 0 aromatic heterocycles. The summed E-state index contributed by atoms with van der Waals surface area (Å²) >= 11 is 5.14. The molecule has 1 fully saturated rings. The molecule has 50 valence electrons. The van der Waals surface area contributed by atoms with Crippen molar-refractivity contribution < 1.29 is 19.1 Å². The predicted octanol–water partition coefficient (Wildman–Crippen LogP) is -0.349. The molecule has 0 saturated carbocycles. The second-order valence-electron chi connectivity index (χ2n) is 1.41. The molecule has 4 nitrogen and oxygen atoms in total. The van der Waals surface area contributed by atoms with Crippen LogP contribution in [0.5, 0.6) is 0 Å². The summed E-state index contributed by atoms with van der Waals surface area (Å²) in [5.41, 5.74) is -1.26. The molecule has 1 aliphatic heterocycles. The summed E-state index contributed by atoms with van der Waals surface area (Å²) < 4.78 is 8.51. The van der Waals surface area contributed by atoms with E-state index in [1.165, 1.54) is 0 Å². The van der Waals surface area contributed by atoms with Gasteiger partial charge in [0.25, 0.3) is 5.56 Å². The van der Waals surface area contributed by atoms with Crippen LogP contribution >= 0.6 is 11.6 Å². The van der Waals surface area contributed by atoms with E-state index in [0.29, 0.717) is 0 Å². The zero-order valence-electron chi connectivity index (χ0n) is 4.30. The Balaban J connectivity index is 2.54. The van der Waals surface area contributed by atoms with Gasteiger partial charge in [0.05, 0.1) is 0 Å². The van der Waals surface area contributed by atoms with Crippen LogP contribution in [0.1, 0.15) is 0 Å². The maximum Gasteiger partial charge on any atom is 0.364 e. The lowest BCUT2D eigenvalue weighted by molar-refractivity contribution is -0.178. The number of alkyl halides is 1. The van der Waals surface area contributed by atoms with E-state index < -0.39 is 17.5 Å². The molecule has 0 N–H and O–H groups in total. The maximum absolute atomic E-state index is 10.3. The molecule has 1 heterocycles. The first kappa shape index (κ1) is 6.35. The van der Waals surface area contributed by atoms with Gasteiger partial charge in [-0.15, -0.1) is 0 Å². The molecule has 0 spiro atoms. The van der Waals surface area contributed by atoms with Crippen LogP contribution in [0.3, 0.4) is 0 Å². The van der Waals surface area contributed by atoms with Crippen LogP contribution in [0.4, 0.5) is 0 Å². The molecule has 0 radical (unpaired) electrons. The van der Waals surface area contributed by atoms with Crippen LogP contribution in [-0.2, 0) is 19.1 Å². The monoisotopic (exact) mass is 150 g/mol. The number of halogens is 1. The van der Waals surface area contributed by atoms with Crippen molar-refractivity contribution in [2.24, 2.45) is 0 Å². The summed E-state index contributed by atoms with van der Waals surface area (Å²) in [4.78, 5) is 20.5. The molecule has 5 heteroatoms. The number of ether oxygens (including phenoxy) is 2. The highest BCUT2D eigenvalue weighted by Gasteiger charge is 2.27. The molecule has 0 bridgehead atoms. The minimum absolute atomic E-state index is 0.331. The Bertz CT molecular complexity index is 155. The van der Waals surface area contributed by atoms with E-state index in [9.17, 15) is 9.59 Å². The molecule has 0 aromatic rings. The van der Waals surface area contributed by atoms with Gasteiger partial charge in [0, 0.05) is 0 Å². The molecule has 1 unspecified atom stereocenters. The number of cyclic esters (lactones) is 2. The average Bonchev–Trinajstić information content (AvgIpc) is 1.80. The van der Waals surface area contributed by atoms with E-state index in [0.717, 1.165) is 0 Å². The van der Waals surface area contributed by atoms with E-state index in [2.05, 4.69) is 9.47 Å². The predicted molar refractivity (Wildman–Crippen MR) is 26.7 cm³/mol. The van der Waals surface area contributed by atoms with Crippen molar-refractivity contribution in [2.75, 3.05) is 6.61 Å². The van der Waals surface area contributed by atoms with Gasteiger partial charge in [-0.3, -0.25) is 0 Å². The summed E-state index contributed by atoms with van der Waals surface area (Å²) in [6.45, 7) is -0.331. The lowest BCUT2D eigenvalue weighted by Crippen LogP contribution is -2.33. The summed E-state index contributed by atoms with van der Waals surface area (Å²) in [7, 11) is 0. The summed E-state index contributed by atoms with van der Waals surface area (Å²) in [5.74, 6) is -1.33. The van der Waals surface area contributed by atoms with Crippen molar-refractivity contribution in [2.45, 2.75) is 5.56 Å². The minimum atomic E-state index is -1.26. The lowest BCUT2D eigenvalue weighted by atomic mass is 10.6. The highest BCUT2D eigenvalue weighted by molar-refractivity contribution is 6.29. The topological polar surface area (TPSA) is 52.6 Å². The molecule has 9 heavy (non-hydrogen) atoms. The van der Waals surface area contributed by atoms with Gasteiger partial charge in [-0.2, -0.15) is 0 Å². The van der Waals surface area contributed by atoms with E-state index in [1.807, 2.05) is 0 Å². The SMILES string of the molecule is O=C1COC(=O)C(Cl)O1. The Morgan fingerprint density at radius 2 is 2.22 bits per heavy atom. The Kier molecular flexibility index (Phi) is 1.57. The van der Waals surface area contributed by atoms with Gasteiger partial charge in [-0.05, 0) is 0 Å². The Hall–Kier alpha value is -0.770. The van der Waals surface area contributed by atoms with Gasteiger partial charge >= 0.3 is 11.9 Å². The van der Waals surface area contributed by atoms with Crippen LogP contribution in [0, 0.1) is 0 Å². The third-order valence-corrected chi connectivity index (χ3v) is 1.02. The lowest BCUT2D eigenvalue weighted by Gasteiger charge is -2.14. The smallest absolute Gasteiger partial charge is 0.364 e. The zero-order chi connectivity index (χ0) is 6.85. The number of hydrogen-bond donors (Lipinski definition) is 0. The highest BCUT2D eigenvalue weighted by Crippen LogP contribution is 2.06. The van der Waals surface area contributed by atoms with Gasteiger partial charge in [0.2, 0.25) is 0 Å². The molecule has 0 aromatic carbocycles. The Labute approximate surface area is 55.7 Å². The number of carbonyl (C=O) groups excluding carboxylic acids is 2. The van der Waals surface area contributed by atoms with E-state index in [1.54, 1.807) is 0 Å². The summed E-state index contributed by atoms with van der Waals surface area (Å²) in [5, 5.41) is 0. The van der Waals surface area contributed by atoms with Crippen molar-refractivity contribution in [3.05, 3.63) is 0 Å². The number of rotatable bonds is 0.